The molecule has 176 valence electrons. The Bertz CT molecular complexity index is 1290. The van der Waals surface area contributed by atoms with Gasteiger partial charge < -0.3 is 9.72 Å². The number of amides is 3. The van der Waals surface area contributed by atoms with E-state index >= 15 is 0 Å². The van der Waals surface area contributed by atoms with E-state index in [4.69, 9.17) is 4.74 Å². The molecule has 12 heteroatoms. The fourth-order valence-electron chi connectivity index (χ4n) is 5.35. The highest BCUT2D eigenvalue weighted by molar-refractivity contribution is 6.12. The summed E-state index contributed by atoms with van der Waals surface area (Å²) in [5.74, 6) is 0.113. The Kier molecular flexibility index (Phi) is 4.39. The van der Waals surface area contributed by atoms with E-state index in [1.54, 1.807) is 6.20 Å². The van der Waals surface area contributed by atoms with Crippen LogP contribution in [0.25, 0.3) is 11.0 Å². The van der Waals surface area contributed by atoms with Gasteiger partial charge in [-0.25, -0.2) is 14.8 Å². The summed E-state index contributed by atoms with van der Waals surface area (Å²) in [5, 5.41) is 0.812. The van der Waals surface area contributed by atoms with Crippen molar-refractivity contribution in [3.63, 3.8) is 0 Å². The third-order valence-corrected chi connectivity index (χ3v) is 6.98. The predicted octanol–water partition coefficient (Wildman–Crippen LogP) is 3.53. The summed E-state index contributed by atoms with van der Waals surface area (Å²) >= 11 is 0. The summed E-state index contributed by atoms with van der Waals surface area (Å²) in [6.07, 6.45) is 3.36. The maximum absolute atomic E-state index is 13.0. The number of ether oxygens (including phenoxy) is 1. The van der Waals surface area contributed by atoms with Gasteiger partial charge in [-0.2, -0.15) is 13.2 Å². The maximum Gasteiger partial charge on any atom is 0.417 e. The van der Waals surface area contributed by atoms with E-state index < -0.39 is 23.7 Å². The second-order valence-corrected chi connectivity index (χ2v) is 9.19. The molecule has 2 saturated carbocycles. The van der Waals surface area contributed by atoms with Crippen molar-refractivity contribution in [2.24, 2.45) is 5.41 Å². The Labute approximate surface area is 190 Å². The Balaban J connectivity index is 1.09. The lowest BCUT2D eigenvalue weighted by Gasteiger charge is -2.58. The Morgan fingerprint density at radius 2 is 1.91 bits per heavy atom. The van der Waals surface area contributed by atoms with Crippen LogP contribution in [0.2, 0.25) is 0 Å². The number of carbonyl (C=O) groups excluding carboxylic acids is 2. The van der Waals surface area contributed by atoms with Crippen molar-refractivity contribution in [3.8, 4) is 5.88 Å². The van der Waals surface area contributed by atoms with Gasteiger partial charge in [0.25, 0.3) is 5.91 Å². The lowest BCUT2D eigenvalue weighted by atomic mass is 9.52. The van der Waals surface area contributed by atoms with Gasteiger partial charge in [0.05, 0.1) is 22.8 Å². The normalized spacial score (nSPS) is 26.8. The number of H-pyrrole nitrogens is 1. The second-order valence-electron chi connectivity index (χ2n) is 9.19. The number of rotatable bonds is 4. The van der Waals surface area contributed by atoms with Crippen molar-refractivity contribution in [1.82, 2.24) is 24.8 Å². The van der Waals surface area contributed by atoms with E-state index in [0.29, 0.717) is 30.6 Å². The minimum absolute atomic E-state index is 0.00532. The molecule has 4 heterocycles. The number of aromatic nitrogens is 4. The van der Waals surface area contributed by atoms with E-state index in [9.17, 15) is 22.8 Å². The second kappa shape index (κ2) is 7.15. The van der Waals surface area contributed by atoms with Crippen molar-refractivity contribution in [2.75, 3.05) is 11.4 Å². The molecule has 0 radical (unpaired) electrons. The summed E-state index contributed by atoms with van der Waals surface area (Å²) in [4.78, 5) is 42.7. The van der Waals surface area contributed by atoms with Gasteiger partial charge >= 0.3 is 12.2 Å². The Morgan fingerprint density at radius 1 is 1.12 bits per heavy atom. The monoisotopic (exact) mass is 472 g/mol. The summed E-state index contributed by atoms with van der Waals surface area (Å²) < 4.78 is 45.1. The van der Waals surface area contributed by atoms with E-state index in [1.807, 2.05) is 6.07 Å². The lowest BCUT2D eigenvalue weighted by molar-refractivity contribution is -0.139. The van der Waals surface area contributed by atoms with Crippen LogP contribution in [0.3, 0.4) is 0 Å². The first kappa shape index (κ1) is 20.9. The van der Waals surface area contributed by atoms with Gasteiger partial charge in [0.2, 0.25) is 5.88 Å². The number of imide groups is 1. The molecule has 3 fully saturated rings. The third-order valence-electron chi connectivity index (χ3n) is 6.98. The number of halogens is 3. The number of hydrogen-bond donors (Lipinski definition) is 1. The molecule has 9 nitrogen and oxygen atoms in total. The Morgan fingerprint density at radius 3 is 2.68 bits per heavy atom. The van der Waals surface area contributed by atoms with Gasteiger partial charge in [-0.3, -0.25) is 19.6 Å². The summed E-state index contributed by atoms with van der Waals surface area (Å²) in [7, 11) is 0. The Hall–Kier alpha value is -3.70. The molecular formula is C22H19F3N6O3. The van der Waals surface area contributed by atoms with Crippen molar-refractivity contribution in [2.45, 2.75) is 44.0 Å². The molecule has 1 aliphatic heterocycles. The molecule has 1 N–H and O–H groups in total. The van der Waals surface area contributed by atoms with Crippen LogP contribution in [0.5, 0.6) is 5.88 Å². The average Bonchev–Trinajstić information content (AvgIpc) is 3.33. The standard InChI is InChI=1S/C22H19F3N6O3/c23-22(24,25)12-3-13(9-26-8-12)30-10-17(32)31(20(30)33)14-4-21(5-14)6-15(7-21)34-19-16-1-2-27-18(16)28-11-29-19/h1-3,8-9,11,14-15H,4-7,10H2,(H,27,28,29). The molecular weight excluding hydrogens is 453 g/mol. The molecule has 0 atom stereocenters. The highest BCUT2D eigenvalue weighted by Gasteiger charge is 2.58. The molecule has 3 amide bonds. The quantitative estimate of drug-likeness (QED) is 0.583. The van der Waals surface area contributed by atoms with Gasteiger partial charge in [0.15, 0.2) is 0 Å². The molecule has 6 rings (SSSR count). The van der Waals surface area contributed by atoms with Crippen molar-refractivity contribution >= 4 is 28.7 Å². The topological polar surface area (TPSA) is 104 Å². The van der Waals surface area contributed by atoms with Gasteiger partial charge in [-0.15, -0.1) is 0 Å². The molecule has 0 aromatic carbocycles. The zero-order valence-corrected chi connectivity index (χ0v) is 17.7. The first-order valence-electron chi connectivity index (χ1n) is 10.8. The van der Waals surface area contributed by atoms with Crippen LogP contribution in [0.15, 0.2) is 37.1 Å². The SMILES string of the molecule is O=C1CN(c2cncc(C(F)(F)F)c2)C(=O)N1C1CC2(CC(Oc3ncnc4[nH]ccc34)C2)C1. The van der Waals surface area contributed by atoms with E-state index in [0.717, 1.165) is 35.4 Å². The number of anilines is 1. The number of fused-ring (bicyclic) bond motifs is 1. The van der Waals surface area contributed by atoms with Crippen molar-refractivity contribution < 1.29 is 27.5 Å². The largest absolute Gasteiger partial charge is 0.474 e. The van der Waals surface area contributed by atoms with E-state index in [-0.39, 0.29) is 29.8 Å². The minimum atomic E-state index is -4.59. The number of nitrogens with one attached hydrogen (secondary N) is 1. The molecule has 1 spiro atoms. The number of urea groups is 1. The van der Waals surface area contributed by atoms with Crippen LogP contribution in [-0.4, -0.2) is 55.5 Å². The van der Waals surface area contributed by atoms with Crippen LogP contribution < -0.4 is 9.64 Å². The fourth-order valence-corrected chi connectivity index (χ4v) is 5.35. The number of pyridine rings is 1. The summed E-state index contributed by atoms with van der Waals surface area (Å²) in [6, 6.07) is 1.83. The highest BCUT2D eigenvalue weighted by Crippen LogP contribution is 2.58. The van der Waals surface area contributed by atoms with E-state index in [2.05, 4.69) is 19.9 Å². The van der Waals surface area contributed by atoms with Gasteiger partial charge in [0, 0.05) is 18.4 Å². The molecule has 34 heavy (non-hydrogen) atoms. The number of alkyl halides is 3. The van der Waals surface area contributed by atoms with Gasteiger partial charge in [-0.1, -0.05) is 0 Å². The third kappa shape index (κ3) is 3.27. The summed E-state index contributed by atoms with van der Waals surface area (Å²) in [5.41, 5.74) is -0.296. The smallest absolute Gasteiger partial charge is 0.417 e. The van der Waals surface area contributed by atoms with Crippen LogP contribution in [0.4, 0.5) is 23.7 Å². The summed E-state index contributed by atoms with van der Waals surface area (Å²) in [6.45, 7) is -0.294. The number of carbonyl (C=O) groups is 2. The molecule has 3 aromatic heterocycles. The molecule has 2 aliphatic carbocycles. The molecule has 3 aromatic rings. The first-order chi connectivity index (χ1) is 16.2. The van der Waals surface area contributed by atoms with Crippen LogP contribution in [-0.2, 0) is 11.0 Å². The predicted molar refractivity (Wildman–Crippen MR) is 112 cm³/mol. The first-order valence-corrected chi connectivity index (χ1v) is 10.8. The minimum Gasteiger partial charge on any atom is -0.474 e. The number of aromatic amines is 1. The fraction of sp³-hybridized carbons (Fsp3) is 0.409. The van der Waals surface area contributed by atoms with Crippen LogP contribution >= 0.6 is 0 Å². The highest BCUT2D eigenvalue weighted by atomic mass is 19.4. The van der Waals surface area contributed by atoms with Crippen molar-refractivity contribution in [1.29, 1.82) is 0 Å². The molecule has 3 aliphatic rings. The van der Waals surface area contributed by atoms with E-state index in [1.165, 1.54) is 11.2 Å². The van der Waals surface area contributed by atoms with Gasteiger partial charge in [-0.05, 0) is 43.2 Å². The number of hydrogen-bond acceptors (Lipinski definition) is 6. The lowest BCUT2D eigenvalue weighted by Crippen LogP contribution is -2.60. The number of nitrogens with zero attached hydrogens (tertiary/aromatic N) is 5. The van der Waals surface area contributed by atoms with Crippen LogP contribution in [0, 0.1) is 5.41 Å². The zero-order chi connectivity index (χ0) is 23.7. The van der Waals surface area contributed by atoms with Crippen molar-refractivity contribution in [3.05, 3.63) is 42.6 Å². The maximum atomic E-state index is 13.0. The average molecular weight is 472 g/mol. The zero-order valence-electron chi connectivity index (χ0n) is 17.7. The molecule has 1 saturated heterocycles. The molecule has 0 unspecified atom stereocenters. The van der Waals surface area contributed by atoms with Gasteiger partial charge in [0.1, 0.15) is 24.6 Å². The molecule has 0 bridgehead atoms. The van der Waals surface area contributed by atoms with Crippen LogP contribution in [0.1, 0.15) is 31.2 Å².